The van der Waals surface area contributed by atoms with Gasteiger partial charge in [0.15, 0.2) is 5.54 Å². The van der Waals surface area contributed by atoms with Crippen LogP contribution >= 0.6 is 0 Å². The van der Waals surface area contributed by atoms with E-state index in [4.69, 9.17) is 4.74 Å². The average Bonchev–Trinajstić information content (AvgIpc) is 3.27. The Labute approximate surface area is 228 Å². The van der Waals surface area contributed by atoms with Crippen LogP contribution in [-0.2, 0) is 23.1 Å². The molecule has 6 heteroatoms. The summed E-state index contributed by atoms with van der Waals surface area (Å²) in [6, 6.07) is 24.4. The van der Waals surface area contributed by atoms with E-state index in [-0.39, 0.29) is 24.2 Å². The molecular formula is C33H32N2O4. The average molecular weight is 521 g/mol. The van der Waals surface area contributed by atoms with Crippen molar-refractivity contribution in [2.45, 2.75) is 44.6 Å². The topological polar surface area (TPSA) is 79.7 Å². The Morgan fingerprint density at radius 2 is 1.74 bits per heavy atom. The van der Waals surface area contributed by atoms with E-state index in [0.29, 0.717) is 17.0 Å². The monoisotopic (exact) mass is 520 g/mol. The number of nitrogens with zero attached hydrogens (tertiary/aromatic N) is 2. The van der Waals surface area contributed by atoms with Crippen molar-refractivity contribution in [2.24, 2.45) is 0 Å². The van der Waals surface area contributed by atoms with Crippen molar-refractivity contribution in [3.8, 4) is 16.9 Å². The third-order valence-corrected chi connectivity index (χ3v) is 7.42. The van der Waals surface area contributed by atoms with Crippen molar-refractivity contribution >= 4 is 17.6 Å². The predicted molar refractivity (Wildman–Crippen MR) is 152 cm³/mol. The first-order chi connectivity index (χ1) is 18.6. The van der Waals surface area contributed by atoms with E-state index < -0.39 is 11.5 Å². The number of rotatable bonds is 6. The number of carbonyl (C=O) groups is 2. The second-order valence-corrected chi connectivity index (χ2v) is 11.1. The third kappa shape index (κ3) is 4.78. The fourth-order valence-corrected chi connectivity index (χ4v) is 5.48. The van der Waals surface area contributed by atoms with Crippen LogP contribution in [0.15, 0.2) is 91.3 Å². The summed E-state index contributed by atoms with van der Waals surface area (Å²) in [6.45, 7) is 6.24. The zero-order valence-corrected chi connectivity index (χ0v) is 22.6. The van der Waals surface area contributed by atoms with Gasteiger partial charge in [-0.05, 0) is 63.6 Å². The number of pyridine rings is 1. The highest BCUT2D eigenvalue weighted by Gasteiger charge is 2.53. The second kappa shape index (κ2) is 10.0. The van der Waals surface area contributed by atoms with E-state index in [1.807, 2.05) is 66.7 Å². The first kappa shape index (κ1) is 26.2. The van der Waals surface area contributed by atoms with Gasteiger partial charge in [0, 0.05) is 36.5 Å². The van der Waals surface area contributed by atoms with Crippen LogP contribution in [0, 0.1) is 0 Å². The van der Waals surface area contributed by atoms with Crippen molar-refractivity contribution in [1.29, 1.82) is 0 Å². The molecule has 0 bridgehead atoms. The lowest BCUT2D eigenvalue weighted by molar-refractivity contribution is -0.143. The maximum Gasteiger partial charge on any atom is 0.330 e. The standard InChI is InChI=1S/C33H32N2O4/c1-32(2,3)27-14-12-24(18-29(27)39-4)30(36)35-28-15-13-23(25-11-8-16-34-21-25)17-26(28)20-33(35,31(37)38)19-22-9-6-5-7-10-22/h5-18,21H,19-20H2,1-4H3,(H,37,38). The molecule has 1 N–H and O–H groups in total. The lowest BCUT2D eigenvalue weighted by Crippen LogP contribution is -2.57. The Bertz CT molecular complexity index is 1530. The molecule has 1 aromatic heterocycles. The zero-order valence-electron chi connectivity index (χ0n) is 22.6. The van der Waals surface area contributed by atoms with Crippen LogP contribution in [0.25, 0.3) is 11.1 Å². The van der Waals surface area contributed by atoms with Crippen LogP contribution in [0.3, 0.4) is 0 Å². The lowest BCUT2D eigenvalue weighted by Gasteiger charge is -2.35. The molecule has 39 heavy (non-hydrogen) atoms. The van der Waals surface area contributed by atoms with Gasteiger partial charge >= 0.3 is 5.97 Å². The minimum atomic E-state index is -1.50. The molecule has 0 saturated heterocycles. The summed E-state index contributed by atoms with van der Waals surface area (Å²) >= 11 is 0. The fourth-order valence-electron chi connectivity index (χ4n) is 5.48. The Kier molecular flexibility index (Phi) is 6.73. The number of methoxy groups -OCH3 is 1. The molecule has 0 fully saturated rings. The van der Waals surface area contributed by atoms with Crippen molar-refractivity contribution in [2.75, 3.05) is 12.0 Å². The Morgan fingerprint density at radius 3 is 2.38 bits per heavy atom. The summed E-state index contributed by atoms with van der Waals surface area (Å²) in [6.07, 6.45) is 3.84. The zero-order chi connectivity index (χ0) is 27.8. The van der Waals surface area contributed by atoms with Crippen LogP contribution in [-0.4, -0.2) is 34.6 Å². The highest BCUT2D eigenvalue weighted by atomic mass is 16.5. The van der Waals surface area contributed by atoms with Crippen LogP contribution in [0.2, 0.25) is 0 Å². The molecule has 3 aromatic carbocycles. The van der Waals surface area contributed by atoms with Gasteiger partial charge in [-0.15, -0.1) is 0 Å². The SMILES string of the molecule is COc1cc(C(=O)N2c3ccc(-c4cccnc4)cc3CC2(Cc2ccccc2)C(=O)O)ccc1C(C)(C)C. The fraction of sp³-hybridized carbons (Fsp3) is 0.242. The van der Waals surface area contributed by atoms with Gasteiger partial charge in [-0.3, -0.25) is 14.7 Å². The second-order valence-electron chi connectivity index (χ2n) is 11.1. The van der Waals surface area contributed by atoms with E-state index in [9.17, 15) is 14.7 Å². The number of benzene rings is 3. The van der Waals surface area contributed by atoms with E-state index in [1.165, 1.54) is 4.90 Å². The summed E-state index contributed by atoms with van der Waals surface area (Å²) in [5.41, 5.74) is 3.77. The highest BCUT2D eigenvalue weighted by Crippen LogP contribution is 2.44. The normalized spacial score (nSPS) is 16.6. The van der Waals surface area contributed by atoms with Gasteiger partial charge in [0.05, 0.1) is 7.11 Å². The van der Waals surface area contributed by atoms with Crippen molar-refractivity contribution < 1.29 is 19.4 Å². The number of hydrogen-bond donors (Lipinski definition) is 1. The molecule has 1 unspecified atom stereocenters. The number of carboxylic acid groups (broad SMARTS) is 1. The maximum atomic E-state index is 14.3. The number of fused-ring (bicyclic) bond motifs is 1. The van der Waals surface area contributed by atoms with Crippen LogP contribution < -0.4 is 9.64 Å². The molecule has 4 aromatic rings. The molecule has 1 aliphatic heterocycles. The first-order valence-electron chi connectivity index (χ1n) is 13.0. The summed E-state index contributed by atoms with van der Waals surface area (Å²) in [5.74, 6) is -0.819. The molecular weight excluding hydrogens is 488 g/mol. The molecule has 1 aliphatic rings. The number of carbonyl (C=O) groups excluding carboxylic acids is 1. The Hall–Kier alpha value is -4.45. The van der Waals surface area contributed by atoms with Crippen molar-refractivity contribution in [3.63, 3.8) is 0 Å². The lowest BCUT2D eigenvalue weighted by atomic mass is 9.85. The van der Waals surface area contributed by atoms with E-state index in [0.717, 1.165) is 27.8 Å². The minimum absolute atomic E-state index is 0.170. The van der Waals surface area contributed by atoms with Gasteiger partial charge in [-0.2, -0.15) is 0 Å². The van der Waals surface area contributed by atoms with Gasteiger partial charge in [-0.1, -0.05) is 69.3 Å². The van der Waals surface area contributed by atoms with Gasteiger partial charge in [0.1, 0.15) is 5.75 Å². The number of carboxylic acids is 1. The van der Waals surface area contributed by atoms with Crippen LogP contribution in [0.4, 0.5) is 5.69 Å². The van der Waals surface area contributed by atoms with Crippen molar-refractivity contribution in [3.05, 3.63) is 114 Å². The molecule has 6 nitrogen and oxygen atoms in total. The van der Waals surface area contributed by atoms with Gasteiger partial charge < -0.3 is 9.84 Å². The molecule has 0 saturated carbocycles. The van der Waals surface area contributed by atoms with Crippen LogP contribution in [0.5, 0.6) is 5.75 Å². The maximum absolute atomic E-state index is 14.3. The number of aromatic nitrogens is 1. The number of aliphatic carboxylic acids is 1. The highest BCUT2D eigenvalue weighted by molar-refractivity contribution is 6.13. The molecule has 0 spiro atoms. The molecule has 1 atom stereocenters. The Morgan fingerprint density at radius 1 is 0.974 bits per heavy atom. The summed E-state index contributed by atoms with van der Waals surface area (Å²) in [4.78, 5) is 33.2. The summed E-state index contributed by atoms with van der Waals surface area (Å²) < 4.78 is 5.66. The summed E-state index contributed by atoms with van der Waals surface area (Å²) in [5, 5.41) is 10.8. The number of hydrogen-bond acceptors (Lipinski definition) is 4. The smallest absolute Gasteiger partial charge is 0.330 e. The van der Waals surface area contributed by atoms with E-state index >= 15 is 0 Å². The third-order valence-electron chi connectivity index (χ3n) is 7.42. The van der Waals surface area contributed by atoms with Gasteiger partial charge in [-0.25, -0.2) is 4.79 Å². The van der Waals surface area contributed by atoms with Gasteiger partial charge in [0.2, 0.25) is 0 Å². The molecule has 1 amide bonds. The predicted octanol–water partition coefficient (Wildman–Crippen LogP) is 6.32. The first-order valence-corrected chi connectivity index (χ1v) is 13.0. The summed E-state index contributed by atoms with van der Waals surface area (Å²) in [7, 11) is 1.58. The molecule has 0 aliphatic carbocycles. The quantitative estimate of drug-likeness (QED) is 0.322. The molecule has 0 radical (unpaired) electrons. The molecule has 5 rings (SSSR count). The van der Waals surface area contributed by atoms with Crippen molar-refractivity contribution in [1.82, 2.24) is 4.98 Å². The number of amides is 1. The van der Waals surface area contributed by atoms with E-state index in [1.54, 1.807) is 31.6 Å². The van der Waals surface area contributed by atoms with E-state index in [2.05, 4.69) is 25.8 Å². The number of ether oxygens (including phenoxy) is 1. The van der Waals surface area contributed by atoms with Gasteiger partial charge in [0.25, 0.3) is 5.91 Å². The van der Waals surface area contributed by atoms with Crippen LogP contribution in [0.1, 0.15) is 47.8 Å². The largest absolute Gasteiger partial charge is 0.496 e. The molecule has 2 heterocycles. The minimum Gasteiger partial charge on any atom is -0.496 e. The number of anilines is 1. The molecule has 198 valence electrons. The Balaban J connectivity index is 1.66.